The lowest BCUT2D eigenvalue weighted by Crippen LogP contribution is -2.71. The van der Waals surface area contributed by atoms with E-state index in [0.717, 1.165) is 6.92 Å². The van der Waals surface area contributed by atoms with Crippen molar-refractivity contribution in [3.63, 3.8) is 0 Å². The number of carbonyl (C=O) groups excluding carboxylic acids is 3. The predicted molar refractivity (Wildman–Crippen MR) is 111 cm³/mol. The normalized spacial score (nSPS) is 38.9. The molecule has 32 heavy (non-hydrogen) atoms. The van der Waals surface area contributed by atoms with E-state index in [1.807, 2.05) is 0 Å². The van der Waals surface area contributed by atoms with E-state index in [9.17, 15) is 39.9 Å². The molecule has 0 spiro atoms. The van der Waals surface area contributed by atoms with E-state index in [2.05, 4.69) is 0 Å². The summed E-state index contributed by atoms with van der Waals surface area (Å²) < 4.78 is 0. The van der Waals surface area contributed by atoms with Crippen LogP contribution in [0.4, 0.5) is 0 Å². The molecule has 4 unspecified atom stereocenters. The van der Waals surface area contributed by atoms with Crippen LogP contribution in [0, 0.1) is 17.8 Å². The second-order valence-electron chi connectivity index (χ2n) is 9.51. The number of aliphatic hydroxyl groups excluding tert-OH is 2. The third-order valence-electron chi connectivity index (χ3n) is 7.58. The van der Waals surface area contributed by atoms with Crippen LogP contribution >= 0.6 is 0 Å². The maximum Gasteiger partial charge on any atom is 0.187 e. The quantitative estimate of drug-likeness (QED) is 0.397. The number of fused-ring (bicyclic) bond motifs is 3. The number of hydrogen-bond donors (Lipinski definition) is 5. The van der Waals surface area contributed by atoms with Gasteiger partial charge in [0.1, 0.15) is 23.2 Å². The number of likely N-dealkylation sites (N-methyl/N-ethyl adjacent to an activating group) is 1. The van der Waals surface area contributed by atoms with Gasteiger partial charge in [-0.05, 0) is 46.0 Å². The van der Waals surface area contributed by atoms with Crippen LogP contribution < -0.4 is 0 Å². The molecule has 0 aromatic heterocycles. The number of aliphatic hydroxyl groups is 4. The number of rotatable bonds is 2. The van der Waals surface area contributed by atoms with E-state index >= 15 is 0 Å². The Kier molecular flexibility index (Phi) is 4.91. The van der Waals surface area contributed by atoms with Crippen molar-refractivity contribution in [2.75, 3.05) is 14.1 Å². The molecule has 7 atom stereocenters. The molecule has 172 valence electrons. The molecule has 0 heterocycles. The number of Topliss-reactive ketones (excluding diaryl/α,β-unsaturated/α-hetero) is 3. The maximum atomic E-state index is 13.4. The van der Waals surface area contributed by atoms with Crippen LogP contribution in [0.25, 0.3) is 0 Å². The highest BCUT2D eigenvalue weighted by Gasteiger charge is 2.68. The average molecular weight is 445 g/mol. The molecule has 0 aliphatic heterocycles. The molecule has 1 saturated carbocycles. The second kappa shape index (κ2) is 6.95. The molecule has 0 bridgehead atoms. The summed E-state index contributed by atoms with van der Waals surface area (Å²) in [5.41, 5.74) is -4.74. The molecule has 9 nitrogen and oxygen atoms in total. The predicted octanol–water partition coefficient (Wildman–Crippen LogP) is 0.0543. The first-order valence-electron chi connectivity index (χ1n) is 10.4. The van der Waals surface area contributed by atoms with Gasteiger partial charge in [-0.1, -0.05) is 12.1 Å². The smallest absolute Gasteiger partial charge is 0.187 e. The number of benzene rings is 1. The molecule has 3 aliphatic carbocycles. The topological polar surface area (TPSA) is 156 Å². The van der Waals surface area contributed by atoms with Crippen molar-refractivity contribution >= 4 is 17.3 Å². The fourth-order valence-corrected chi connectivity index (χ4v) is 6.07. The van der Waals surface area contributed by atoms with Crippen LogP contribution in [0.2, 0.25) is 0 Å². The monoisotopic (exact) mass is 445 g/mol. The molecule has 3 aliphatic rings. The zero-order chi connectivity index (χ0) is 23.9. The van der Waals surface area contributed by atoms with E-state index < -0.39 is 69.8 Å². The van der Waals surface area contributed by atoms with Gasteiger partial charge in [0.2, 0.25) is 0 Å². The molecule has 9 heteroatoms. The van der Waals surface area contributed by atoms with E-state index in [-0.39, 0.29) is 23.3 Å². The number of hydrogen-bond acceptors (Lipinski definition) is 9. The largest absolute Gasteiger partial charge is 0.508 e. The highest BCUT2D eigenvalue weighted by molar-refractivity contribution is 6.22. The summed E-state index contributed by atoms with van der Waals surface area (Å²) in [6.07, 6.45) is -2.04. The fourth-order valence-electron chi connectivity index (χ4n) is 6.07. The number of aromatic hydroxyl groups is 1. The Balaban J connectivity index is 1.98. The average Bonchev–Trinajstić information content (AvgIpc) is 2.68. The van der Waals surface area contributed by atoms with Crippen LogP contribution in [0.5, 0.6) is 5.75 Å². The molecule has 0 amide bonds. The van der Waals surface area contributed by atoms with Crippen molar-refractivity contribution < 1.29 is 39.9 Å². The summed E-state index contributed by atoms with van der Waals surface area (Å²) in [4.78, 5) is 40.2. The van der Waals surface area contributed by atoms with E-state index in [4.69, 9.17) is 0 Å². The van der Waals surface area contributed by atoms with Crippen molar-refractivity contribution in [2.45, 2.75) is 43.6 Å². The lowest BCUT2D eigenvalue weighted by Gasteiger charge is -2.58. The molecular weight excluding hydrogens is 418 g/mol. The summed E-state index contributed by atoms with van der Waals surface area (Å²) in [7, 11) is 3.14. The maximum absolute atomic E-state index is 13.4. The Bertz CT molecular complexity index is 1070. The van der Waals surface area contributed by atoms with Crippen molar-refractivity contribution in [1.29, 1.82) is 0 Å². The van der Waals surface area contributed by atoms with Gasteiger partial charge in [0, 0.05) is 11.8 Å². The summed E-state index contributed by atoms with van der Waals surface area (Å²) in [6.45, 7) is 2.53. The van der Waals surface area contributed by atoms with Gasteiger partial charge < -0.3 is 25.5 Å². The van der Waals surface area contributed by atoms with E-state index in [1.165, 1.54) is 30.0 Å². The highest BCUT2D eigenvalue weighted by Crippen LogP contribution is 2.57. The van der Waals surface area contributed by atoms with Crippen LogP contribution in [0.15, 0.2) is 29.5 Å². The Morgan fingerprint density at radius 2 is 1.72 bits per heavy atom. The van der Waals surface area contributed by atoms with Gasteiger partial charge in [-0.3, -0.25) is 19.3 Å². The SMILES string of the molecule is CC(=O)C1=C(O)[C@@]2(O)C(O)C3C(=O)c4c(O)cccc4[C@@](C)(O)C3CC2[C@H](N(C)C)C1=O. The number of phenols is 1. The summed E-state index contributed by atoms with van der Waals surface area (Å²) in [5, 5.41) is 55.6. The molecular formula is C23H27NO8. The first-order chi connectivity index (χ1) is 14.8. The number of phenolic OH excluding ortho intramolecular Hbond substituents is 1. The highest BCUT2D eigenvalue weighted by atomic mass is 16.4. The van der Waals surface area contributed by atoms with E-state index in [1.54, 1.807) is 14.1 Å². The molecule has 1 aromatic carbocycles. The Morgan fingerprint density at radius 3 is 2.28 bits per heavy atom. The van der Waals surface area contributed by atoms with Gasteiger partial charge in [0.15, 0.2) is 23.0 Å². The van der Waals surface area contributed by atoms with Crippen LogP contribution in [-0.2, 0) is 15.2 Å². The molecule has 0 saturated heterocycles. The first kappa shape index (κ1) is 22.6. The van der Waals surface area contributed by atoms with Crippen molar-refractivity contribution in [3.05, 3.63) is 40.7 Å². The molecule has 1 fully saturated rings. The van der Waals surface area contributed by atoms with Crippen LogP contribution in [0.1, 0.15) is 36.2 Å². The standard InChI is InChI=1S/C23H27NO8/c1-9(25)14-19(28)17(24(3)4)12-8-11-16(21(30)23(12,32)20(14)29)18(27)15-10(22(11,2)31)6-5-7-13(15)26/h5-7,11-12,16-17,21,26,29-32H,8H2,1-4H3/t11?,12?,16?,17-,21?,22+,23+/m0/s1. The molecule has 0 radical (unpaired) electrons. The van der Waals surface area contributed by atoms with Crippen LogP contribution in [0.3, 0.4) is 0 Å². The summed E-state index contributed by atoms with van der Waals surface area (Å²) >= 11 is 0. The molecule has 4 rings (SSSR count). The lowest BCUT2D eigenvalue weighted by atomic mass is 9.50. The van der Waals surface area contributed by atoms with Gasteiger partial charge in [-0.15, -0.1) is 0 Å². The minimum absolute atomic E-state index is 0.101. The van der Waals surface area contributed by atoms with Crippen LogP contribution in [-0.4, -0.2) is 79.6 Å². The van der Waals surface area contributed by atoms with Gasteiger partial charge >= 0.3 is 0 Å². The number of nitrogens with zero attached hydrogens (tertiary/aromatic N) is 1. The third kappa shape index (κ3) is 2.62. The minimum atomic E-state index is -2.47. The Labute approximate surface area is 184 Å². The zero-order valence-corrected chi connectivity index (χ0v) is 18.2. The van der Waals surface area contributed by atoms with E-state index in [0.29, 0.717) is 0 Å². The second-order valence-corrected chi connectivity index (χ2v) is 9.51. The van der Waals surface area contributed by atoms with Gasteiger partial charge in [0.25, 0.3) is 0 Å². The molecule has 5 N–H and O–H groups in total. The van der Waals surface area contributed by atoms with Gasteiger partial charge in [0.05, 0.1) is 23.1 Å². The summed E-state index contributed by atoms with van der Waals surface area (Å²) in [6, 6.07) is 3.21. The van der Waals surface area contributed by atoms with Gasteiger partial charge in [-0.25, -0.2) is 0 Å². The Morgan fingerprint density at radius 1 is 1.09 bits per heavy atom. The third-order valence-corrected chi connectivity index (χ3v) is 7.58. The van der Waals surface area contributed by atoms with Crippen molar-refractivity contribution in [1.82, 2.24) is 4.90 Å². The molecule has 1 aromatic rings. The zero-order valence-electron chi connectivity index (χ0n) is 18.2. The number of carbonyl (C=O) groups is 3. The first-order valence-corrected chi connectivity index (χ1v) is 10.4. The fraction of sp³-hybridized carbons (Fsp3) is 0.522. The van der Waals surface area contributed by atoms with Gasteiger partial charge in [-0.2, -0.15) is 0 Å². The lowest BCUT2D eigenvalue weighted by molar-refractivity contribution is -0.205. The van der Waals surface area contributed by atoms with Crippen molar-refractivity contribution in [3.8, 4) is 5.75 Å². The number of ketones is 3. The minimum Gasteiger partial charge on any atom is -0.508 e. The Hall–Kier alpha value is -2.59. The van der Waals surface area contributed by atoms with Crippen molar-refractivity contribution in [2.24, 2.45) is 17.8 Å². The summed E-state index contributed by atoms with van der Waals surface area (Å²) in [5.74, 6) is -6.91.